The van der Waals surface area contributed by atoms with Gasteiger partial charge in [-0.05, 0) is 42.7 Å². The lowest BCUT2D eigenvalue weighted by molar-refractivity contribution is -0.154. The quantitative estimate of drug-likeness (QED) is 0.126. The van der Waals surface area contributed by atoms with E-state index < -0.39 is 35.9 Å². The number of carbonyl (C=O) groups is 7. The molecule has 2 saturated heterocycles. The van der Waals surface area contributed by atoms with Crippen LogP contribution in [0.4, 0.5) is 0 Å². The minimum Gasteiger partial charge on any atom is -0.379 e. The van der Waals surface area contributed by atoms with Crippen LogP contribution >= 0.6 is 11.8 Å². The Kier molecular flexibility index (Phi) is 20.9. The molecule has 58 heavy (non-hydrogen) atoms. The summed E-state index contributed by atoms with van der Waals surface area (Å²) in [5.41, 5.74) is 0. The van der Waals surface area contributed by atoms with Gasteiger partial charge >= 0.3 is 0 Å². The van der Waals surface area contributed by atoms with Crippen molar-refractivity contribution in [2.24, 2.45) is 17.8 Å². The van der Waals surface area contributed by atoms with E-state index in [4.69, 9.17) is 9.47 Å². The highest BCUT2D eigenvalue weighted by atomic mass is 32.2. The molecule has 6 atom stereocenters. The predicted molar refractivity (Wildman–Crippen MR) is 224 cm³/mol. The van der Waals surface area contributed by atoms with E-state index in [1.54, 1.807) is 26.2 Å². The van der Waals surface area contributed by atoms with E-state index in [0.717, 1.165) is 31.4 Å². The second-order valence-corrected chi connectivity index (χ2v) is 16.9. The Bertz CT molecular complexity index is 1430. The number of likely N-dealkylation sites (tertiary alicyclic amines) is 1. The predicted octanol–water partition coefficient (Wildman–Crippen LogP) is 2.39. The normalized spacial score (nSPS) is 18.3. The first-order valence-electron chi connectivity index (χ1n) is 20.2. The Morgan fingerprint density at radius 3 is 1.91 bits per heavy atom. The Balaban J connectivity index is 2.01. The number of nitrogens with one attached hydrogen (secondary N) is 1. The zero-order valence-corrected chi connectivity index (χ0v) is 37.3. The largest absolute Gasteiger partial charge is 0.379 e. The van der Waals surface area contributed by atoms with Crippen LogP contribution in [-0.2, 0) is 43.0 Å². The van der Waals surface area contributed by atoms with E-state index in [-0.39, 0.29) is 104 Å². The molecule has 2 heterocycles. The standard InChI is InChI=1S/C41H69N7O9S/c1-13-29(8)39(31(56-11)21-35(52)48-19-16-17-30(48)40(57-12)28(6)7)43(9)36(53)22-42-41(55)38(27(4)5)44(10)37(54)23-58-20-18-34(51)47-25-45(32(49)14-2)24-46(26-47)33(50)15-3/h14-15,27-31,38-40H,2-3,13,16-26H2,1,4-12H3,(H,42,55). The van der Waals surface area contributed by atoms with Crippen LogP contribution in [0.2, 0.25) is 0 Å². The topological polar surface area (TPSA) is 169 Å². The summed E-state index contributed by atoms with van der Waals surface area (Å²) >= 11 is 1.23. The maximum Gasteiger partial charge on any atom is 0.248 e. The van der Waals surface area contributed by atoms with Crippen molar-refractivity contribution in [2.75, 3.05) is 72.9 Å². The fraction of sp³-hybridized carbons (Fsp3) is 0.732. The second-order valence-electron chi connectivity index (χ2n) is 15.8. The van der Waals surface area contributed by atoms with Crippen LogP contribution in [0.3, 0.4) is 0 Å². The minimum atomic E-state index is -0.868. The summed E-state index contributed by atoms with van der Waals surface area (Å²) in [4.78, 5) is 101. The number of amides is 7. The number of nitrogens with zero attached hydrogens (tertiary/aromatic N) is 6. The average molecular weight is 836 g/mol. The molecule has 0 aromatic heterocycles. The van der Waals surface area contributed by atoms with Crippen LogP contribution in [-0.4, -0.2) is 174 Å². The summed E-state index contributed by atoms with van der Waals surface area (Å²) in [6.45, 7) is 19.1. The minimum absolute atomic E-state index is 0.000415. The molecule has 6 unspecified atom stereocenters. The molecule has 0 aromatic rings. The fourth-order valence-corrected chi connectivity index (χ4v) is 8.70. The van der Waals surface area contributed by atoms with Crippen molar-refractivity contribution in [1.29, 1.82) is 0 Å². The van der Waals surface area contributed by atoms with Crippen molar-refractivity contribution in [2.45, 2.75) is 104 Å². The number of hydrogen-bond donors (Lipinski definition) is 1. The number of methoxy groups -OCH3 is 2. The van der Waals surface area contributed by atoms with Crippen LogP contribution in [0, 0.1) is 17.8 Å². The summed E-state index contributed by atoms with van der Waals surface area (Å²) in [6.07, 6.45) is 4.21. The molecule has 328 valence electrons. The molecule has 0 aliphatic carbocycles. The van der Waals surface area contributed by atoms with Crippen LogP contribution in [0.25, 0.3) is 0 Å². The maximum atomic E-state index is 13.8. The number of hydrogen-bond acceptors (Lipinski definition) is 10. The van der Waals surface area contributed by atoms with Gasteiger partial charge in [0.2, 0.25) is 41.4 Å². The van der Waals surface area contributed by atoms with Gasteiger partial charge in [0.25, 0.3) is 0 Å². The van der Waals surface area contributed by atoms with Gasteiger partial charge in [-0.25, -0.2) is 0 Å². The Morgan fingerprint density at radius 1 is 0.828 bits per heavy atom. The SMILES string of the molecule is C=CC(=O)N1CN(C(=O)C=C)CN(C(=O)CCSCC(=O)N(C)C(C(=O)NCC(=O)N(C)C(C(C)CC)C(CC(=O)N2CCCC2C(OC)C(C)C)OC)C(C)C)C1. The third-order valence-corrected chi connectivity index (χ3v) is 12.2. The number of thioether (sulfide) groups is 1. The molecule has 0 aromatic carbocycles. The first-order chi connectivity index (χ1) is 27.4. The highest BCUT2D eigenvalue weighted by Gasteiger charge is 2.40. The lowest BCUT2D eigenvalue weighted by atomic mass is 9.90. The van der Waals surface area contributed by atoms with Crippen LogP contribution in [0.15, 0.2) is 25.3 Å². The summed E-state index contributed by atoms with van der Waals surface area (Å²) in [5, 5.41) is 2.74. The zero-order chi connectivity index (χ0) is 43.9. The van der Waals surface area contributed by atoms with Gasteiger partial charge in [-0.2, -0.15) is 11.8 Å². The summed E-state index contributed by atoms with van der Waals surface area (Å²) < 4.78 is 11.7. The number of likely N-dealkylation sites (N-methyl/N-ethyl adjacent to an activating group) is 2. The average Bonchev–Trinajstić information content (AvgIpc) is 3.69. The third-order valence-electron chi connectivity index (χ3n) is 11.2. The van der Waals surface area contributed by atoms with E-state index in [2.05, 4.69) is 32.3 Å². The summed E-state index contributed by atoms with van der Waals surface area (Å²) in [5.74, 6) is -2.12. The van der Waals surface area contributed by atoms with E-state index >= 15 is 0 Å². The summed E-state index contributed by atoms with van der Waals surface area (Å²) in [6, 6.07) is -1.34. The molecule has 0 spiro atoms. The highest BCUT2D eigenvalue weighted by Crippen LogP contribution is 2.29. The van der Waals surface area contributed by atoms with E-state index in [9.17, 15) is 33.6 Å². The lowest BCUT2D eigenvalue weighted by Crippen LogP contribution is -2.59. The Labute approximate surface area is 350 Å². The van der Waals surface area contributed by atoms with Crippen LogP contribution < -0.4 is 5.32 Å². The third kappa shape index (κ3) is 13.5. The van der Waals surface area contributed by atoms with Gasteiger partial charge in [-0.3, -0.25) is 33.6 Å². The monoisotopic (exact) mass is 835 g/mol. The molecule has 0 radical (unpaired) electrons. The molecule has 2 rings (SSSR count). The molecule has 7 amide bonds. The van der Waals surface area contributed by atoms with Gasteiger partial charge < -0.3 is 44.2 Å². The van der Waals surface area contributed by atoms with Crippen molar-refractivity contribution in [1.82, 2.24) is 34.7 Å². The van der Waals surface area contributed by atoms with Gasteiger partial charge in [0.05, 0.1) is 63.0 Å². The first-order valence-corrected chi connectivity index (χ1v) is 21.4. The highest BCUT2D eigenvalue weighted by molar-refractivity contribution is 7.99. The van der Waals surface area contributed by atoms with E-state index in [0.29, 0.717) is 6.54 Å². The molecule has 17 heteroatoms. The second kappa shape index (κ2) is 24.2. The zero-order valence-electron chi connectivity index (χ0n) is 36.4. The van der Waals surface area contributed by atoms with Crippen molar-refractivity contribution in [3.05, 3.63) is 25.3 Å². The smallest absolute Gasteiger partial charge is 0.248 e. The number of carbonyl (C=O) groups excluding carboxylic acids is 7. The van der Waals surface area contributed by atoms with E-state index in [1.807, 2.05) is 32.6 Å². The van der Waals surface area contributed by atoms with Gasteiger partial charge in [0, 0.05) is 47.0 Å². The van der Waals surface area contributed by atoms with Crippen molar-refractivity contribution >= 4 is 53.1 Å². The van der Waals surface area contributed by atoms with Crippen molar-refractivity contribution in [3.8, 4) is 0 Å². The summed E-state index contributed by atoms with van der Waals surface area (Å²) in [7, 11) is 6.43. The van der Waals surface area contributed by atoms with Gasteiger partial charge in [-0.1, -0.05) is 61.1 Å². The first kappa shape index (κ1) is 50.2. The molecule has 2 aliphatic rings. The molecule has 16 nitrogen and oxygen atoms in total. The van der Waals surface area contributed by atoms with Crippen molar-refractivity contribution in [3.63, 3.8) is 0 Å². The van der Waals surface area contributed by atoms with Crippen LogP contribution in [0.1, 0.15) is 73.6 Å². The maximum absolute atomic E-state index is 13.8. The molecule has 0 saturated carbocycles. The molecule has 1 N–H and O–H groups in total. The van der Waals surface area contributed by atoms with Gasteiger partial charge in [0.15, 0.2) is 0 Å². The van der Waals surface area contributed by atoms with Crippen molar-refractivity contribution < 1.29 is 43.0 Å². The number of ether oxygens (including phenoxy) is 2. The molecular formula is C41H69N7O9S. The molecule has 2 fully saturated rings. The number of rotatable bonds is 22. The van der Waals surface area contributed by atoms with Crippen LogP contribution in [0.5, 0.6) is 0 Å². The van der Waals surface area contributed by atoms with Gasteiger partial charge in [-0.15, -0.1) is 0 Å². The Morgan fingerprint density at radius 2 is 1.41 bits per heavy atom. The fourth-order valence-electron chi connectivity index (χ4n) is 7.85. The van der Waals surface area contributed by atoms with Gasteiger partial charge in [0.1, 0.15) is 6.04 Å². The molecule has 0 bridgehead atoms. The lowest BCUT2D eigenvalue weighted by Gasteiger charge is -2.41. The molecule has 2 aliphatic heterocycles. The Hall–Kier alpha value is -3.96. The van der Waals surface area contributed by atoms with E-state index in [1.165, 1.54) is 38.4 Å². The molecular weight excluding hydrogens is 767 g/mol.